The molecule has 2 atom stereocenters. The van der Waals surface area contributed by atoms with Crippen LogP contribution in [0, 0.1) is 12.8 Å². The van der Waals surface area contributed by atoms with Gasteiger partial charge in [-0.25, -0.2) is 4.98 Å². The predicted octanol–water partition coefficient (Wildman–Crippen LogP) is 3.70. The molecule has 0 bridgehead atoms. The molecule has 1 aliphatic heterocycles. The number of aromatic nitrogens is 2. The van der Waals surface area contributed by atoms with Gasteiger partial charge >= 0.3 is 0 Å². The maximum atomic E-state index is 12.9. The van der Waals surface area contributed by atoms with E-state index in [9.17, 15) is 4.79 Å². The molecule has 158 valence electrons. The number of ether oxygens (including phenoxy) is 1. The molecule has 1 amide bonds. The fraction of sp³-hybridized carbons (Fsp3) is 0.417. The van der Waals surface area contributed by atoms with Crippen molar-refractivity contribution in [2.75, 3.05) is 27.2 Å². The number of benzene rings is 2. The van der Waals surface area contributed by atoms with Crippen molar-refractivity contribution < 1.29 is 9.53 Å². The van der Waals surface area contributed by atoms with E-state index in [0.717, 1.165) is 42.0 Å². The molecule has 2 unspecified atom stereocenters. The van der Waals surface area contributed by atoms with Crippen LogP contribution in [0.5, 0.6) is 5.75 Å². The van der Waals surface area contributed by atoms with E-state index in [0.29, 0.717) is 18.0 Å². The molecule has 6 heteroatoms. The van der Waals surface area contributed by atoms with Gasteiger partial charge in [-0.15, -0.1) is 0 Å². The summed E-state index contributed by atoms with van der Waals surface area (Å²) in [6.07, 6.45) is 2.24. The number of methoxy groups -OCH3 is 1. The minimum Gasteiger partial charge on any atom is -0.497 e. The van der Waals surface area contributed by atoms with Crippen LogP contribution in [0.15, 0.2) is 42.5 Å². The number of hydrogen-bond donors (Lipinski definition) is 1. The lowest BCUT2D eigenvalue weighted by Gasteiger charge is -2.39. The van der Waals surface area contributed by atoms with Gasteiger partial charge in [0.25, 0.3) is 5.91 Å². The Balaban J connectivity index is 1.48. The fourth-order valence-electron chi connectivity index (χ4n) is 4.59. The zero-order chi connectivity index (χ0) is 21.3. The molecular formula is C24H30N4O2. The summed E-state index contributed by atoms with van der Waals surface area (Å²) in [5.74, 6) is 2.13. The number of aryl methyl sites for hydroxylation is 2. The summed E-state index contributed by atoms with van der Waals surface area (Å²) in [6, 6.07) is 14.3. The molecule has 3 aromatic rings. The molecule has 1 saturated heterocycles. The zero-order valence-electron chi connectivity index (χ0n) is 18.2. The van der Waals surface area contributed by atoms with Crippen LogP contribution in [-0.2, 0) is 7.05 Å². The number of amides is 1. The Morgan fingerprint density at radius 1 is 1.20 bits per heavy atom. The highest BCUT2D eigenvalue weighted by Crippen LogP contribution is 2.35. The van der Waals surface area contributed by atoms with Crippen LogP contribution in [0.2, 0.25) is 0 Å². The smallest absolute Gasteiger partial charge is 0.251 e. The second-order valence-electron chi connectivity index (χ2n) is 8.23. The molecule has 1 N–H and O–H groups in total. The maximum absolute atomic E-state index is 12.9. The Bertz CT molecular complexity index is 1040. The van der Waals surface area contributed by atoms with E-state index in [1.54, 1.807) is 7.11 Å². The molecule has 2 aromatic carbocycles. The highest BCUT2D eigenvalue weighted by Gasteiger charge is 2.30. The largest absolute Gasteiger partial charge is 0.497 e. The predicted molar refractivity (Wildman–Crippen MR) is 119 cm³/mol. The van der Waals surface area contributed by atoms with Crippen LogP contribution < -0.4 is 10.1 Å². The number of imidazole rings is 1. The van der Waals surface area contributed by atoms with Crippen LogP contribution >= 0.6 is 0 Å². The van der Waals surface area contributed by atoms with E-state index >= 15 is 0 Å². The standard InChI is InChI=1S/C24H30N4O2/c1-16-26-21-14-18(9-12-22(21)28(16)3)24(29)25-15-19-6-5-13-27(2)23(19)17-7-10-20(30-4)11-8-17/h7-12,14,19,23H,5-6,13,15H2,1-4H3,(H,25,29). The van der Waals surface area contributed by atoms with Crippen LogP contribution in [0.3, 0.4) is 0 Å². The van der Waals surface area contributed by atoms with Crippen molar-refractivity contribution in [2.24, 2.45) is 13.0 Å². The highest BCUT2D eigenvalue weighted by molar-refractivity contribution is 5.97. The first-order valence-electron chi connectivity index (χ1n) is 10.5. The Kier molecular flexibility index (Phi) is 5.77. The van der Waals surface area contributed by atoms with E-state index < -0.39 is 0 Å². The number of nitrogens with one attached hydrogen (secondary N) is 1. The molecule has 4 rings (SSSR count). The average Bonchev–Trinajstić information content (AvgIpc) is 3.05. The Labute approximate surface area is 177 Å². The lowest BCUT2D eigenvalue weighted by molar-refractivity contribution is 0.0891. The highest BCUT2D eigenvalue weighted by atomic mass is 16.5. The van der Waals surface area contributed by atoms with Crippen molar-refractivity contribution >= 4 is 16.9 Å². The molecule has 1 aromatic heterocycles. The summed E-state index contributed by atoms with van der Waals surface area (Å²) < 4.78 is 7.34. The van der Waals surface area contributed by atoms with Crippen molar-refractivity contribution in [1.29, 1.82) is 0 Å². The summed E-state index contributed by atoms with van der Waals surface area (Å²) >= 11 is 0. The molecule has 30 heavy (non-hydrogen) atoms. The summed E-state index contributed by atoms with van der Waals surface area (Å²) in [5, 5.41) is 3.17. The molecule has 2 heterocycles. The number of piperidine rings is 1. The molecular weight excluding hydrogens is 376 g/mol. The second-order valence-corrected chi connectivity index (χ2v) is 8.23. The molecule has 0 saturated carbocycles. The zero-order valence-corrected chi connectivity index (χ0v) is 18.2. The number of hydrogen-bond acceptors (Lipinski definition) is 4. The van der Waals surface area contributed by atoms with E-state index in [2.05, 4.69) is 34.4 Å². The SMILES string of the molecule is COc1ccc(C2C(CNC(=O)c3ccc4c(c3)nc(C)n4C)CCCN2C)cc1. The van der Waals surface area contributed by atoms with Gasteiger partial charge in [0.1, 0.15) is 11.6 Å². The Morgan fingerprint density at radius 3 is 2.70 bits per heavy atom. The van der Waals surface area contributed by atoms with Gasteiger partial charge in [0, 0.05) is 25.2 Å². The van der Waals surface area contributed by atoms with E-state index in [4.69, 9.17) is 4.74 Å². The number of carbonyl (C=O) groups is 1. The number of nitrogens with zero attached hydrogens (tertiary/aromatic N) is 3. The molecule has 0 radical (unpaired) electrons. The summed E-state index contributed by atoms with van der Waals surface area (Å²) in [7, 11) is 5.84. The topological polar surface area (TPSA) is 59.4 Å². The minimum atomic E-state index is -0.0399. The van der Waals surface area contributed by atoms with Crippen molar-refractivity contribution in [3.8, 4) is 5.75 Å². The monoisotopic (exact) mass is 406 g/mol. The molecule has 1 fully saturated rings. The van der Waals surface area contributed by atoms with Crippen LogP contribution in [0.25, 0.3) is 11.0 Å². The second kappa shape index (κ2) is 8.48. The normalized spacial score (nSPS) is 19.7. The summed E-state index contributed by atoms with van der Waals surface area (Å²) in [6.45, 7) is 3.69. The van der Waals surface area contributed by atoms with E-state index in [1.165, 1.54) is 5.56 Å². The van der Waals surface area contributed by atoms with Gasteiger partial charge in [0.15, 0.2) is 0 Å². The molecule has 0 aliphatic carbocycles. The van der Waals surface area contributed by atoms with Gasteiger partial charge in [-0.05, 0) is 75.2 Å². The molecule has 6 nitrogen and oxygen atoms in total. The number of fused-ring (bicyclic) bond motifs is 1. The quantitative estimate of drug-likeness (QED) is 0.702. The first-order valence-corrected chi connectivity index (χ1v) is 10.5. The molecule has 0 spiro atoms. The lowest BCUT2D eigenvalue weighted by Crippen LogP contribution is -2.41. The summed E-state index contributed by atoms with van der Waals surface area (Å²) in [5.41, 5.74) is 3.82. The van der Waals surface area contributed by atoms with Gasteiger partial charge in [0.2, 0.25) is 0 Å². The van der Waals surface area contributed by atoms with Gasteiger partial charge < -0.3 is 14.6 Å². The lowest BCUT2D eigenvalue weighted by atomic mass is 9.85. The van der Waals surface area contributed by atoms with Gasteiger partial charge in [-0.1, -0.05) is 12.1 Å². The average molecular weight is 407 g/mol. The number of carbonyl (C=O) groups excluding carboxylic acids is 1. The van der Waals surface area contributed by atoms with E-state index in [-0.39, 0.29) is 11.9 Å². The van der Waals surface area contributed by atoms with Crippen LogP contribution in [0.4, 0.5) is 0 Å². The maximum Gasteiger partial charge on any atom is 0.251 e. The third-order valence-corrected chi connectivity index (χ3v) is 6.36. The van der Waals surface area contributed by atoms with Crippen molar-refractivity contribution in [2.45, 2.75) is 25.8 Å². The van der Waals surface area contributed by atoms with Gasteiger partial charge in [-0.3, -0.25) is 9.69 Å². The summed E-state index contributed by atoms with van der Waals surface area (Å²) in [4.78, 5) is 19.8. The number of rotatable bonds is 5. The van der Waals surface area contributed by atoms with Crippen molar-refractivity contribution in [1.82, 2.24) is 19.8 Å². The fourth-order valence-corrected chi connectivity index (χ4v) is 4.59. The third-order valence-electron chi connectivity index (χ3n) is 6.36. The van der Waals surface area contributed by atoms with Crippen molar-refractivity contribution in [3.63, 3.8) is 0 Å². The first kappa shape index (κ1) is 20.4. The van der Waals surface area contributed by atoms with E-state index in [1.807, 2.05) is 48.9 Å². The Hall–Kier alpha value is -2.86. The molecule has 1 aliphatic rings. The van der Waals surface area contributed by atoms with Gasteiger partial charge in [-0.2, -0.15) is 0 Å². The van der Waals surface area contributed by atoms with Gasteiger partial charge in [0.05, 0.1) is 18.1 Å². The Morgan fingerprint density at radius 2 is 1.97 bits per heavy atom. The number of likely N-dealkylation sites (tertiary alicyclic amines) is 1. The third kappa shape index (κ3) is 3.92. The van der Waals surface area contributed by atoms with Crippen LogP contribution in [-0.4, -0.2) is 47.6 Å². The van der Waals surface area contributed by atoms with Crippen LogP contribution in [0.1, 0.15) is 40.6 Å². The first-order chi connectivity index (χ1) is 14.5. The minimum absolute atomic E-state index is 0.0399. The van der Waals surface area contributed by atoms with Crippen molar-refractivity contribution in [3.05, 3.63) is 59.4 Å².